The summed E-state index contributed by atoms with van der Waals surface area (Å²) >= 11 is 0. The maximum absolute atomic E-state index is 13.2. The summed E-state index contributed by atoms with van der Waals surface area (Å²) in [7, 11) is 0. The summed E-state index contributed by atoms with van der Waals surface area (Å²) in [6, 6.07) is -4.32. The zero-order valence-electron chi connectivity index (χ0n) is 28.3. The van der Waals surface area contributed by atoms with Crippen molar-refractivity contribution in [3.05, 3.63) is 33.1 Å². The standard InChI is InChI=1S/C30H50N8O12/c1-15(2)13-18(35-25(43)17(7-4-5-9-31)36-29(48)34-16(3)27(44)45)24(42)33-11-6-10-32-19(28(46)47)14-20-22(40)23(41)26(50-20)38-12-8-21(39)37-30(38)49/h8,12,15-20,22-23,26,32,40-41H,4-7,9-11,13-14,31H2,1-3H3,(H,33,42)(H,35,43)(H,44,45)(H,46,47)(H2,34,36,48)(H,37,39,49)/t16-,17-,18-,19-,20+,22+,23+,26+/m0/s1. The number of carboxylic acids is 2. The molecule has 0 aliphatic carbocycles. The number of carbonyl (C=O) groups excluding carboxylic acids is 3. The highest BCUT2D eigenvalue weighted by Crippen LogP contribution is 2.30. The average molecular weight is 715 g/mol. The van der Waals surface area contributed by atoms with Gasteiger partial charge in [0.05, 0.1) is 6.10 Å². The van der Waals surface area contributed by atoms with Gasteiger partial charge in [-0.25, -0.2) is 9.59 Å². The number of aromatic amines is 1. The highest BCUT2D eigenvalue weighted by Gasteiger charge is 2.45. The second-order valence-electron chi connectivity index (χ2n) is 12.5. The molecule has 282 valence electrons. The number of nitrogens with one attached hydrogen (secondary N) is 6. The molecule has 1 aromatic heterocycles. The lowest BCUT2D eigenvalue weighted by atomic mass is 10.0. The van der Waals surface area contributed by atoms with Gasteiger partial charge in [0.1, 0.15) is 36.4 Å². The van der Waals surface area contributed by atoms with Crippen molar-refractivity contribution in [3.63, 3.8) is 0 Å². The summed E-state index contributed by atoms with van der Waals surface area (Å²) in [5.41, 5.74) is 4.00. The lowest BCUT2D eigenvalue weighted by Crippen LogP contribution is -2.56. The summed E-state index contributed by atoms with van der Waals surface area (Å²) in [6.45, 7) is 5.52. The van der Waals surface area contributed by atoms with Crippen molar-refractivity contribution in [2.45, 2.75) is 108 Å². The predicted molar refractivity (Wildman–Crippen MR) is 176 cm³/mol. The lowest BCUT2D eigenvalue weighted by molar-refractivity contribution is -0.141. The minimum Gasteiger partial charge on any atom is -0.480 e. The van der Waals surface area contributed by atoms with Crippen molar-refractivity contribution in [1.29, 1.82) is 0 Å². The van der Waals surface area contributed by atoms with Gasteiger partial charge in [0.15, 0.2) is 6.23 Å². The van der Waals surface area contributed by atoms with Crippen molar-refractivity contribution >= 4 is 29.8 Å². The van der Waals surface area contributed by atoms with Crippen LogP contribution in [-0.4, -0.2) is 122 Å². The molecule has 0 saturated carbocycles. The number of nitrogens with two attached hydrogens (primary N) is 1. The molecule has 0 spiro atoms. The SMILES string of the molecule is CC(C)C[C@H](NC(=O)[C@H](CCCCN)NC(=O)N[C@@H](C)C(=O)O)C(=O)NCCCN[C@@H](C[C@H]1O[C@@H](n2ccc(=O)[nH]c2=O)[C@H](O)[C@@H]1O)C(=O)O. The van der Waals surface area contributed by atoms with Crippen LogP contribution >= 0.6 is 0 Å². The number of ether oxygens (including phenoxy) is 1. The molecule has 1 aliphatic rings. The molecule has 1 saturated heterocycles. The topological polar surface area (TPSA) is 317 Å². The molecule has 8 atom stereocenters. The smallest absolute Gasteiger partial charge is 0.330 e. The van der Waals surface area contributed by atoms with E-state index in [1.165, 1.54) is 6.92 Å². The van der Waals surface area contributed by atoms with Gasteiger partial charge in [-0.2, -0.15) is 0 Å². The Kier molecular flexibility index (Phi) is 17.0. The fourth-order valence-electron chi connectivity index (χ4n) is 5.18. The first kappa shape index (κ1) is 41.8. The van der Waals surface area contributed by atoms with Crippen LogP contribution in [-0.2, 0) is 23.9 Å². The molecule has 0 aromatic carbocycles. The van der Waals surface area contributed by atoms with Crippen molar-refractivity contribution in [2.24, 2.45) is 11.7 Å². The number of aliphatic hydroxyl groups excluding tert-OH is 2. The van der Waals surface area contributed by atoms with E-state index in [-0.39, 0.29) is 44.7 Å². The Morgan fingerprint density at radius 1 is 0.900 bits per heavy atom. The van der Waals surface area contributed by atoms with Crippen molar-refractivity contribution in [1.82, 2.24) is 36.1 Å². The first-order valence-corrected chi connectivity index (χ1v) is 16.4. The van der Waals surface area contributed by atoms with Gasteiger partial charge < -0.3 is 57.5 Å². The minimum atomic E-state index is -1.58. The number of carboxylic acid groups (broad SMARTS) is 2. The maximum atomic E-state index is 13.2. The van der Waals surface area contributed by atoms with Gasteiger partial charge in [0.2, 0.25) is 11.8 Å². The Labute approximate surface area is 287 Å². The number of aliphatic carboxylic acids is 2. The molecule has 20 heteroatoms. The summed E-state index contributed by atoms with van der Waals surface area (Å²) in [6.07, 6.45) is -3.09. The molecule has 50 heavy (non-hydrogen) atoms. The number of nitrogens with zero attached hydrogens (tertiary/aromatic N) is 1. The molecule has 1 fully saturated rings. The largest absolute Gasteiger partial charge is 0.480 e. The van der Waals surface area contributed by atoms with E-state index in [9.17, 15) is 48.9 Å². The Morgan fingerprint density at radius 3 is 2.20 bits per heavy atom. The van der Waals surface area contributed by atoms with Gasteiger partial charge >= 0.3 is 23.7 Å². The molecule has 2 rings (SSSR count). The number of hydrogen-bond acceptors (Lipinski definition) is 12. The van der Waals surface area contributed by atoms with Gasteiger partial charge in [0.25, 0.3) is 5.56 Å². The predicted octanol–water partition coefficient (Wildman–Crippen LogP) is -3.10. The van der Waals surface area contributed by atoms with E-state index in [1.807, 2.05) is 18.8 Å². The highest BCUT2D eigenvalue weighted by atomic mass is 16.6. The van der Waals surface area contributed by atoms with Crippen LogP contribution in [0.2, 0.25) is 0 Å². The first-order valence-electron chi connectivity index (χ1n) is 16.4. The van der Waals surface area contributed by atoms with Crippen LogP contribution in [0.25, 0.3) is 0 Å². The van der Waals surface area contributed by atoms with E-state index in [0.717, 1.165) is 16.8 Å². The van der Waals surface area contributed by atoms with E-state index in [4.69, 9.17) is 15.6 Å². The Balaban J connectivity index is 1.94. The average Bonchev–Trinajstić information content (AvgIpc) is 3.31. The van der Waals surface area contributed by atoms with Gasteiger partial charge in [-0.1, -0.05) is 13.8 Å². The second-order valence-corrected chi connectivity index (χ2v) is 12.5. The van der Waals surface area contributed by atoms with E-state index in [1.54, 1.807) is 0 Å². The zero-order chi connectivity index (χ0) is 37.5. The van der Waals surface area contributed by atoms with Crippen LogP contribution in [0.1, 0.15) is 65.5 Å². The van der Waals surface area contributed by atoms with Crippen LogP contribution in [0.4, 0.5) is 4.79 Å². The number of aromatic nitrogens is 2. The maximum Gasteiger partial charge on any atom is 0.330 e. The first-order chi connectivity index (χ1) is 23.5. The number of H-pyrrole nitrogens is 1. The van der Waals surface area contributed by atoms with E-state index in [2.05, 4.69) is 26.6 Å². The number of carbonyl (C=O) groups is 5. The van der Waals surface area contributed by atoms with Crippen LogP contribution in [0, 0.1) is 5.92 Å². The van der Waals surface area contributed by atoms with Gasteiger partial charge in [-0.15, -0.1) is 0 Å². The Bertz CT molecular complexity index is 1420. The molecule has 2 heterocycles. The van der Waals surface area contributed by atoms with E-state index >= 15 is 0 Å². The zero-order valence-corrected chi connectivity index (χ0v) is 28.3. The molecule has 1 aliphatic heterocycles. The fraction of sp³-hybridized carbons (Fsp3) is 0.700. The Hall–Kier alpha value is -4.37. The molecule has 20 nitrogen and oxygen atoms in total. The summed E-state index contributed by atoms with van der Waals surface area (Å²) < 4.78 is 6.49. The van der Waals surface area contributed by atoms with Crippen molar-refractivity contribution in [2.75, 3.05) is 19.6 Å². The molecule has 4 amide bonds. The van der Waals surface area contributed by atoms with Crippen molar-refractivity contribution < 1.29 is 49.1 Å². The van der Waals surface area contributed by atoms with Gasteiger partial charge in [0, 0.05) is 25.2 Å². The highest BCUT2D eigenvalue weighted by molar-refractivity contribution is 5.92. The third-order valence-corrected chi connectivity index (χ3v) is 7.90. The third kappa shape index (κ3) is 13.2. The number of aliphatic hydroxyl groups is 2. The van der Waals surface area contributed by atoms with Crippen molar-refractivity contribution in [3.8, 4) is 0 Å². The van der Waals surface area contributed by atoms with Crippen LogP contribution in [0.5, 0.6) is 0 Å². The third-order valence-electron chi connectivity index (χ3n) is 7.90. The second kappa shape index (κ2) is 20.3. The number of unbranched alkanes of at least 4 members (excludes halogenated alkanes) is 1. The van der Waals surface area contributed by atoms with E-state index < -0.39 is 89.7 Å². The molecular formula is C30H50N8O12. The molecular weight excluding hydrogens is 664 g/mol. The molecule has 0 unspecified atom stereocenters. The summed E-state index contributed by atoms with van der Waals surface area (Å²) in [4.78, 5) is 87.2. The molecule has 12 N–H and O–H groups in total. The Morgan fingerprint density at radius 2 is 1.60 bits per heavy atom. The molecule has 0 bridgehead atoms. The molecule has 0 radical (unpaired) electrons. The summed E-state index contributed by atoms with van der Waals surface area (Å²) in [5, 5.41) is 52.6. The number of rotatable bonds is 21. The number of amides is 4. The summed E-state index contributed by atoms with van der Waals surface area (Å²) in [5.74, 6) is -3.69. The molecule has 1 aromatic rings. The monoisotopic (exact) mass is 714 g/mol. The van der Waals surface area contributed by atoms with Crippen LogP contribution in [0.15, 0.2) is 21.9 Å². The van der Waals surface area contributed by atoms with Gasteiger partial charge in [-0.05, 0) is 58.0 Å². The van der Waals surface area contributed by atoms with Crippen LogP contribution < -0.4 is 43.6 Å². The quantitative estimate of drug-likeness (QED) is 0.0562. The van der Waals surface area contributed by atoms with Gasteiger partial charge in [-0.3, -0.25) is 33.5 Å². The van der Waals surface area contributed by atoms with Crippen LogP contribution in [0.3, 0.4) is 0 Å². The number of urea groups is 1. The van der Waals surface area contributed by atoms with E-state index in [0.29, 0.717) is 19.4 Å². The minimum absolute atomic E-state index is 0.0125. The number of hydrogen-bond donors (Lipinski definition) is 11. The normalized spacial score (nSPS) is 21.1. The lowest BCUT2D eigenvalue weighted by Gasteiger charge is -2.25. The fourth-order valence-corrected chi connectivity index (χ4v) is 5.18.